The van der Waals surface area contributed by atoms with E-state index in [1.54, 1.807) is 18.3 Å². The van der Waals surface area contributed by atoms with Gasteiger partial charge in [0, 0.05) is 22.1 Å². The molecule has 3 rings (SSSR count). The second kappa shape index (κ2) is 5.85. The molecule has 0 spiro atoms. The second-order valence-electron chi connectivity index (χ2n) is 4.60. The zero-order valence-electron chi connectivity index (χ0n) is 11.2. The average molecular weight is 355 g/mol. The monoisotopic (exact) mass is 354 g/mol. The van der Waals surface area contributed by atoms with Gasteiger partial charge < -0.3 is 5.32 Å². The van der Waals surface area contributed by atoms with Crippen molar-refractivity contribution in [3.05, 3.63) is 51.9 Å². The molecule has 114 valence electrons. The van der Waals surface area contributed by atoms with E-state index in [2.05, 4.69) is 10.3 Å². The van der Waals surface area contributed by atoms with Crippen molar-refractivity contribution >= 4 is 49.5 Å². The average Bonchev–Trinajstić information content (AvgIpc) is 2.89. The number of hydrogen-bond acceptors (Lipinski definition) is 5. The summed E-state index contributed by atoms with van der Waals surface area (Å²) >= 11 is 7.19. The molecule has 0 saturated carbocycles. The van der Waals surface area contributed by atoms with E-state index in [0.29, 0.717) is 11.0 Å². The quantitative estimate of drug-likeness (QED) is 0.696. The first kappa shape index (κ1) is 15.2. The van der Waals surface area contributed by atoms with Crippen LogP contribution >= 0.6 is 22.9 Å². The van der Waals surface area contributed by atoms with Crippen molar-refractivity contribution in [1.29, 1.82) is 0 Å². The summed E-state index contributed by atoms with van der Waals surface area (Å²) in [5, 5.41) is 4.87. The van der Waals surface area contributed by atoms with E-state index >= 15 is 0 Å². The Morgan fingerprint density at radius 2 is 2.09 bits per heavy atom. The largest absolute Gasteiger partial charge is 0.380 e. The predicted molar refractivity (Wildman–Crippen MR) is 88.2 cm³/mol. The van der Waals surface area contributed by atoms with E-state index in [1.807, 2.05) is 12.1 Å². The maximum Gasteiger partial charge on any atom is 0.294 e. The summed E-state index contributed by atoms with van der Waals surface area (Å²) in [5.74, 6) is 0. The van der Waals surface area contributed by atoms with Crippen LogP contribution in [0.25, 0.3) is 10.8 Å². The molecule has 0 radical (unpaired) electrons. The summed E-state index contributed by atoms with van der Waals surface area (Å²) < 4.78 is 32.0. The Morgan fingerprint density at radius 1 is 1.27 bits per heavy atom. The lowest BCUT2D eigenvalue weighted by atomic mass is 10.1. The van der Waals surface area contributed by atoms with Gasteiger partial charge in [0.2, 0.25) is 0 Å². The number of anilines is 1. The molecule has 0 amide bonds. The van der Waals surface area contributed by atoms with E-state index in [4.69, 9.17) is 16.2 Å². The fourth-order valence-corrected chi connectivity index (χ4v) is 3.56. The minimum atomic E-state index is -4.20. The van der Waals surface area contributed by atoms with Crippen LogP contribution in [-0.2, 0) is 16.7 Å². The summed E-state index contributed by atoms with van der Waals surface area (Å²) in [6, 6.07) is 10.0. The van der Waals surface area contributed by atoms with Gasteiger partial charge in [0.05, 0.1) is 11.4 Å². The zero-order chi connectivity index (χ0) is 15.7. The lowest BCUT2D eigenvalue weighted by Gasteiger charge is -2.09. The summed E-state index contributed by atoms with van der Waals surface area (Å²) in [5.41, 5.74) is 0.865. The van der Waals surface area contributed by atoms with Gasteiger partial charge in [-0.3, -0.25) is 4.55 Å². The predicted octanol–water partition coefficient (Wildman–Crippen LogP) is 3.81. The van der Waals surface area contributed by atoms with Gasteiger partial charge in [-0.2, -0.15) is 8.42 Å². The zero-order valence-corrected chi connectivity index (χ0v) is 13.5. The highest BCUT2D eigenvalue weighted by atomic mass is 35.5. The van der Waals surface area contributed by atoms with Crippen molar-refractivity contribution in [2.45, 2.75) is 11.4 Å². The molecule has 0 bridgehead atoms. The Balaban J connectivity index is 1.93. The smallest absolute Gasteiger partial charge is 0.294 e. The van der Waals surface area contributed by atoms with Gasteiger partial charge in [-0.1, -0.05) is 29.8 Å². The van der Waals surface area contributed by atoms with Crippen molar-refractivity contribution in [3.63, 3.8) is 0 Å². The van der Waals surface area contributed by atoms with Crippen molar-refractivity contribution in [2.24, 2.45) is 0 Å². The van der Waals surface area contributed by atoms with Gasteiger partial charge in [0.1, 0.15) is 0 Å². The first-order valence-corrected chi connectivity index (χ1v) is 8.91. The molecule has 8 heteroatoms. The topological polar surface area (TPSA) is 79.3 Å². The number of thiazole rings is 1. The fraction of sp³-hybridized carbons (Fsp3) is 0.0714. The maximum absolute atomic E-state index is 11.2. The number of nitrogens with zero attached hydrogens (tertiary/aromatic N) is 1. The van der Waals surface area contributed by atoms with Gasteiger partial charge in [-0.25, -0.2) is 4.98 Å². The van der Waals surface area contributed by atoms with Gasteiger partial charge >= 0.3 is 0 Å². The lowest BCUT2D eigenvalue weighted by Crippen LogP contribution is -2.00. The maximum atomic E-state index is 11.2. The number of rotatable bonds is 4. The highest BCUT2D eigenvalue weighted by Crippen LogP contribution is 2.27. The normalized spacial score (nSPS) is 11.7. The Labute approximate surface area is 136 Å². The molecule has 2 N–H and O–H groups in total. The summed E-state index contributed by atoms with van der Waals surface area (Å²) in [4.78, 5) is 4.86. The van der Waals surface area contributed by atoms with Crippen LogP contribution in [-0.4, -0.2) is 18.0 Å². The van der Waals surface area contributed by atoms with Crippen LogP contribution in [0, 0.1) is 0 Å². The van der Waals surface area contributed by atoms with E-state index in [9.17, 15) is 8.42 Å². The summed E-state index contributed by atoms with van der Waals surface area (Å²) in [6.07, 6.45) is 1.71. The Bertz CT molecular complexity index is 938. The van der Waals surface area contributed by atoms with Crippen LogP contribution in [0.2, 0.25) is 4.47 Å². The van der Waals surface area contributed by atoms with Crippen molar-refractivity contribution in [2.75, 3.05) is 5.32 Å². The molecule has 0 fully saturated rings. The number of fused-ring (bicyclic) bond motifs is 1. The van der Waals surface area contributed by atoms with E-state index in [0.717, 1.165) is 21.3 Å². The third kappa shape index (κ3) is 3.22. The molecule has 2 aromatic carbocycles. The molecule has 0 unspecified atom stereocenters. The second-order valence-corrected chi connectivity index (χ2v) is 7.72. The molecular weight excluding hydrogens is 344 g/mol. The molecule has 0 aliphatic carbocycles. The molecule has 1 heterocycles. The first-order valence-electron chi connectivity index (χ1n) is 6.28. The van der Waals surface area contributed by atoms with Crippen LogP contribution in [0.5, 0.6) is 0 Å². The Morgan fingerprint density at radius 3 is 2.77 bits per heavy atom. The highest BCUT2D eigenvalue weighted by Gasteiger charge is 2.11. The molecule has 5 nitrogen and oxygen atoms in total. The highest BCUT2D eigenvalue weighted by molar-refractivity contribution is 7.85. The van der Waals surface area contributed by atoms with Crippen LogP contribution in [0.1, 0.15) is 4.88 Å². The summed E-state index contributed by atoms with van der Waals surface area (Å²) in [6.45, 7) is 0.573. The molecule has 0 aliphatic rings. The van der Waals surface area contributed by atoms with Crippen LogP contribution in [0.3, 0.4) is 0 Å². The standard InChI is InChI=1S/C14H11ClN2O3S2/c15-14-17-8-10(21-14)7-16-13-3-1-2-9-6-11(22(18,19)20)4-5-12(9)13/h1-6,8,16H,7H2,(H,18,19,20). The van der Waals surface area contributed by atoms with E-state index < -0.39 is 10.1 Å². The fourth-order valence-electron chi connectivity index (χ4n) is 2.12. The molecule has 0 aliphatic heterocycles. The van der Waals surface area contributed by atoms with Crippen molar-refractivity contribution in [3.8, 4) is 0 Å². The third-order valence-electron chi connectivity index (χ3n) is 3.13. The molecule has 0 saturated heterocycles. The van der Waals surface area contributed by atoms with Crippen molar-refractivity contribution in [1.82, 2.24) is 4.98 Å². The molecule has 3 aromatic rings. The van der Waals surface area contributed by atoms with Gasteiger partial charge in [0.15, 0.2) is 4.47 Å². The van der Waals surface area contributed by atoms with Gasteiger partial charge in [0.25, 0.3) is 10.1 Å². The molecule has 0 atom stereocenters. The third-order valence-corrected chi connectivity index (χ3v) is 5.09. The van der Waals surface area contributed by atoms with Crippen LogP contribution in [0.15, 0.2) is 47.5 Å². The van der Waals surface area contributed by atoms with E-state index in [1.165, 1.54) is 23.5 Å². The van der Waals surface area contributed by atoms with E-state index in [-0.39, 0.29) is 4.90 Å². The van der Waals surface area contributed by atoms with Crippen LogP contribution < -0.4 is 5.32 Å². The first-order chi connectivity index (χ1) is 10.4. The molecule has 1 aromatic heterocycles. The Hall–Kier alpha value is -1.67. The number of aromatic nitrogens is 1. The summed E-state index contributed by atoms with van der Waals surface area (Å²) in [7, 11) is -4.20. The van der Waals surface area contributed by atoms with Crippen molar-refractivity contribution < 1.29 is 13.0 Å². The minimum Gasteiger partial charge on any atom is -0.380 e. The van der Waals surface area contributed by atoms with Gasteiger partial charge in [-0.15, -0.1) is 11.3 Å². The number of nitrogens with one attached hydrogen (secondary N) is 1. The molecular formula is C14H11ClN2O3S2. The van der Waals surface area contributed by atoms with Gasteiger partial charge in [-0.05, 0) is 23.6 Å². The Kier molecular flexibility index (Phi) is 4.05. The minimum absolute atomic E-state index is 0.119. The van der Waals surface area contributed by atoms with Crippen LogP contribution in [0.4, 0.5) is 5.69 Å². The number of benzene rings is 2. The lowest BCUT2D eigenvalue weighted by molar-refractivity contribution is 0.483. The number of halogens is 1. The number of hydrogen-bond donors (Lipinski definition) is 2. The SMILES string of the molecule is O=S(=O)(O)c1ccc2c(NCc3cnc(Cl)s3)cccc2c1. The molecule has 22 heavy (non-hydrogen) atoms.